The number of amides is 2. The van der Waals surface area contributed by atoms with Crippen LogP contribution in [0.2, 0.25) is 5.02 Å². The normalized spacial score (nSPS) is 27.4. The minimum Gasteiger partial charge on any atom is -0.351 e. The van der Waals surface area contributed by atoms with Gasteiger partial charge in [-0.3, -0.25) is 9.59 Å². The number of sulfonamides is 1. The SMILES string of the molecule is CS(=O)(=O)NC(=O)c1cccc(-c2ccc(Cl)c(C(=O)NCC34CC5CC(CC(C5)C3)C4)c2)n1. The van der Waals surface area contributed by atoms with Crippen LogP contribution in [-0.2, 0) is 10.0 Å². The van der Waals surface area contributed by atoms with Crippen LogP contribution in [0.15, 0.2) is 36.4 Å². The van der Waals surface area contributed by atoms with Gasteiger partial charge in [0.15, 0.2) is 0 Å². The zero-order valence-electron chi connectivity index (χ0n) is 19.0. The molecule has 4 aliphatic carbocycles. The van der Waals surface area contributed by atoms with E-state index in [1.807, 2.05) is 4.72 Å². The third kappa shape index (κ3) is 4.84. The Bertz CT molecular complexity index is 1230. The summed E-state index contributed by atoms with van der Waals surface area (Å²) >= 11 is 6.38. The number of halogens is 1. The second kappa shape index (κ2) is 8.64. The van der Waals surface area contributed by atoms with E-state index in [9.17, 15) is 18.0 Å². The summed E-state index contributed by atoms with van der Waals surface area (Å²) in [7, 11) is -3.71. The molecule has 1 aromatic heterocycles. The van der Waals surface area contributed by atoms with Gasteiger partial charge in [-0.15, -0.1) is 0 Å². The quantitative estimate of drug-likeness (QED) is 0.621. The number of nitrogens with zero attached hydrogens (tertiary/aromatic N) is 1. The van der Waals surface area contributed by atoms with E-state index in [2.05, 4.69) is 10.3 Å². The highest BCUT2D eigenvalue weighted by atomic mass is 35.5. The maximum Gasteiger partial charge on any atom is 0.283 e. The molecule has 4 aliphatic rings. The number of carbonyl (C=O) groups excluding carboxylic acids is 2. The van der Waals surface area contributed by atoms with E-state index < -0.39 is 15.9 Å². The van der Waals surface area contributed by atoms with Crippen LogP contribution in [0.1, 0.15) is 59.4 Å². The Labute approximate surface area is 204 Å². The zero-order valence-corrected chi connectivity index (χ0v) is 20.6. The van der Waals surface area contributed by atoms with Crippen LogP contribution in [0.3, 0.4) is 0 Å². The first-order valence-electron chi connectivity index (χ1n) is 11.7. The van der Waals surface area contributed by atoms with Crippen molar-refractivity contribution in [1.82, 2.24) is 15.0 Å². The molecule has 1 heterocycles. The van der Waals surface area contributed by atoms with Crippen molar-refractivity contribution in [3.8, 4) is 11.3 Å². The van der Waals surface area contributed by atoms with Crippen LogP contribution in [0.4, 0.5) is 0 Å². The van der Waals surface area contributed by atoms with Gasteiger partial charge in [-0.1, -0.05) is 23.7 Å². The number of benzene rings is 1. The molecule has 2 N–H and O–H groups in total. The van der Waals surface area contributed by atoms with Crippen molar-refractivity contribution in [3.63, 3.8) is 0 Å². The Hall–Kier alpha value is -2.45. The van der Waals surface area contributed by atoms with Gasteiger partial charge in [0.1, 0.15) is 5.69 Å². The molecule has 4 saturated carbocycles. The topological polar surface area (TPSA) is 105 Å². The predicted octanol–water partition coefficient (Wildman–Crippen LogP) is 4.04. The van der Waals surface area contributed by atoms with E-state index >= 15 is 0 Å². The van der Waals surface area contributed by atoms with Crippen molar-refractivity contribution in [2.45, 2.75) is 38.5 Å². The molecule has 0 radical (unpaired) electrons. The maximum absolute atomic E-state index is 13.1. The van der Waals surface area contributed by atoms with E-state index in [-0.39, 0.29) is 17.0 Å². The van der Waals surface area contributed by atoms with Gasteiger partial charge >= 0.3 is 0 Å². The number of hydrogen-bond donors (Lipinski definition) is 2. The summed E-state index contributed by atoms with van der Waals surface area (Å²) in [5, 5.41) is 3.50. The van der Waals surface area contributed by atoms with Crippen molar-refractivity contribution in [1.29, 1.82) is 0 Å². The highest BCUT2D eigenvalue weighted by molar-refractivity contribution is 7.89. The summed E-state index contributed by atoms with van der Waals surface area (Å²) in [6.07, 6.45) is 8.60. The standard InChI is InChI=1S/C25H28ClN3O4S/c1-34(32,33)29-24(31)22-4-2-3-21(28-22)18-5-6-20(26)19(10-18)23(30)27-14-25-11-15-7-16(12-25)9-17(8-15)13-25/h2-6,10,15-17H,7-9,11-14H2,1H3,(H,27,30)(H,29,31). The third-order valence-electron chi connectivity index (χ3n) is 7.56. The van der Waals surface area contributed by atoms with E-state index in [1.54, 1.807) is 30.3 Å². The van der Waals surface area contributed by atoms with Gasteiger partial charge in [0, 0.05) is 12.1 Å². The van der Waals surface area contributed by atoms with Crippen LogP contribution < -0.4 is 10.0 Å². The molecule has 0 unspecified atom stereocenters. The van der Waals surface area contributed by atoms with Gasteiger partial charge < -0.3 is 5.32 Å². The minimum atomic E-state index is -3.71. The van der Waals surface area contributed by atoms with Crippen molar-refractivity contribution in [3.05, 3.63) is 52.7 Å². The number of hydrogen-bond acceptors (Lipinski definition) is 5. The predicted molar refractivity (Wildman–Crippen MR) is 130 cm³/mol. The van der Waals surface area contributed by atoms with Gasteiger partial charge in [-0.05, 0) is 86.0 Å². The number of nitrogens with one attached hydrogen (secondary N) is 2. The summed E-state index contributed by atoms with van der Waals surface area (Å²) in [6.45, 7) is 0.676. The number of carbonyl (C=O) groups is 2. The molecule has 2 amide bonds. The summed E-state index contributed by atoms with van der Waals surface area (Å²) in [6, 6.07) is 9.76. The molecule has 34 heavy (non-hydrogen) atoms. The highest BCUT2D eigenvalue weighted by Crippen LogP contribution is 2.59. The van der Waals surface area contributed by atoms with Crippen LogP contribution in [-0.4, -0.2) is 38.0 Å². The molecular weight excluding hydrogens is 474 g/mol. The fraction of sp³-hybridized carbons (Fsp3) is 0.480. The van der Waals surface area contributed by atoms with Gasteiger partial charge in [0.2, 0.25) is 10.0 Å². The fourth-order valence-corrected chi connectivity index (χ4v) is 7.32. The number of pyridine rings is 1. The van der Waals surface area contributed by atoms with E-state index in [0.717, 1.165) is 24.0 Å². The van der Waals surface area contributed by atoms with E-state index in [4.69, 9.17) is 11.6 Å². The molecule has 6 rings (SSSR count). The lowest BCUT2D eigenvalue weighted by molar-refractivity contribution is -0.0503. The lowest BCUT2D eigenvalue weighted by Crippen LogP contribution is -2.51. The molecule has 4 fully saturated rings. The molecule has 180 valence electrons. The molecule has 0 spiro atoms. The molecule has 0 aliphatic heterocycles. The number of aromatic nitrogens is 1. The summed E-state index contributed by atoms with van der Waals surface area (Å²) in [5.74, 6) is 1.41. The first-order valence-corrected chi connectivity index (χ1v) is 13.9. The monoisotopic (exact) mass is 501 g/mol. The van der Waals surface area contributed by atoms with Crippen molar-refractivity contribution < 1.29 is 18.0 Å². The third-order valence-corrected chi connectivity index (χ3v) is 8.44. The average Bonchev–Trinajstić information content (AvgIpc) is 2.76. The molecule has 7 nitrogen and oxygen atoms in total. The highest BCUT2D eigenvalue weighted by Gasteiger charge is 2.50. The lowest BCUT2D eigenvalue weighted by atomic mass is 9.49. The second-order valence-corrected chi connectivity index (χ2v) is 12.6. The van der Waals surface area contributed by atoms with Gasteiger partial charge in [-0.25, -0.2) is 18.1 Å². The summed E-state index contributed by atoms with van der Waals surface area (Å²) in [4.78, 5) is 29.6. The fourth-order valence-electron chi connectivity index (χ4n) is 6.67. The molecule has 1 aromatic carbocycles. The van der Waals surface area contributed by atoms with E-state index in [1.165, 1.54) is 44.6 Å². The summed E-state index contributed by atoms with van der Waals surface area (Å²) in [5.41, 5.74) is 1.59. The van der Waals surface area contributed by atoms with Crippen LogP contribution in [0, 0.1) is 23.2 Å². The second-order valence-electron chi connectivity index (χ2n) is 10.4. The van der Waals surface area contributed by atoms with Crippen molar-refractivity contribution in [2.24, 2.45) is 23.2 Å². The summed E-state index contributed by atoms with van der Waals surface area (Å²) < 4.78 is 24.7. The van der Waals surface area contributed by atoms with Crippen molar-refractivity contribution in [2.75, 3.05) is 12.8 Å². The Morgan fingerprint density at radius 3 is 2.29 bits per heavy atom. The largest absolute Gasteiger partial charge is 0.351 e. The lowest BCUT2D eigenvalue weighted by Gasteiger charge is -2.56. The molecule has 0 atom stereocenters. The van der Waals surface area contributed by atoms with Crippen molar-refractivity contribution >= 4 is 33.4 Å². The van der Waals surface area contributed by atoms with E-state index in [0.29, 0.717) is 28.4 Å². The maximum atomic E-state index is 13.1. The minimum absolute atomic E-state index is 0.0364. The molecule has 2 aromatic rings. The van der Waals surface area contributed by atoms with Gasteiger partial charge in [-0.2, -0.15) is 0 Å². The number of rotatable bonds is 6. The van der Waals surface area contributed by atoms with Crippen LogP contribution >= 0.6 is 11.6 Å². The Morgan fingerprint density at radius 1 is 1.03 bits per heavy atom. The average molecular weight is 502 g/mol. The van der Waals surface area contributed by atoms with Gasteiger partial charge in [0.05, 0.1) is 22.5 Å². The Kier molecular flexibility index (Phi) is 5.92. The molecule has 4 bridgehead atoms. The smallest absolute Gasteiger partial charge is 0.283 e. The zero-order chi connectivity index (χ0) is 24.1. The molecular formula is C25H28ClN3O4S. The Morgan fingerprint density at radius 2 is 1.68 bits per heavy atom. The Balaban J connectivity index is 1.33. The van der Waals surface area contributed by atoms with Crippen LogP contribution in [0.5, 0.6) is 0 Å². The first kappa shape index (κ1) is 23.3. The van der Waals surface area contributed by atoms with Gasteiger partial charge in [0.25, 0.3) is 11.8 Å². The molecule has 0 saturated heterocycles. The molecule has 9 heteroatoms. The van der Waals surface area contributed by atoms with Crippen LogP contribution in [0.25, 0.3) is 11.3 Å². The first-order chi connectivity index (χ1) is 16.1.